The van der Waals surface area contributed by atoms with Crippen molar-refractivity contribution in [3.05, 3.63) is 0 Å². The Hall–Kier alpha value is -0.0800. The van der Waals surface area contributed by atoms with Crippen LogP contribution in [-0.2, 0) is 9.53 Å². The fraction of sp³-hybridized carbons (Fsp3) is 0.750. The van der Waals surface area contributed by atoms with Gasteiger partial charge in [0, 0.05) is 0 Å². The van der Waals surface area contributed by atoms with Crippen LogP contribution in [0.15, 0.2) is 0 Å². The van der Waals surface area contributed by atoms with Crippen LogP contribution in [0.2, 0.25) is 0 Å². The average molecular weight is 121 g/mol. The predicted octanol–water partition coefficient (Wildman–Crippen LogP) is 0.192. The summed E-state index contributed by atoms with van der Waals surface area (Å²) in [4.78, 5) is 9.77. The van der Waals surface area contributed by atoms with Gasteiger partial charge in [-0.15, -0.1) is 11.6 Å². The number of carbonyl (C=O) groups is 1. The monoisotopic (exact) mass is 120 g/mol. The normalized spacial score (nSPS) is 31.9. The molecule has 0 aliphatic carbocycles. The fourth-order valence-electron chi connectivity index (χ4n) is 0.327. The number of halogens is 1. The van der Waals surface area contributed by atoms with Gasteiger partial charge in [0.1, 0.15) is 17.8 Å². The second-order valence-electron chi connectivity index (χ2n) is 1.45. The van der Waals surface area contributed by atoms with Crippen LogP contribution < -0.4 is 0 Å². The summed E-state index contributed by atoms with van der Waals surface area (Å²) in [6.07, 6.45) is 0.707. The SMILES string of the molecule is O=CC(Cl)C1CO1. The van der Waals surface area contributed by atoms with E-state index in [9.17, 15) is 4.79 Å². The van der Waals surface area contributed by atoms with E-state index in [1.54, 1.807) is 0 Å². The molecule has 2 atom stereocenters. The van der Waals surface area contributed by atoms with Gasteiger partial charge in [0.2, 0.25) is 0 Å². The van der Waals surface area contributed by atoms with E-state index in [-0.39, 0.29) is 6.10 Å². The molecular formula is C4H5ClO2. The number of hydrogen-bond donors (Lipinski definition) is 0. The molecule has 1 heterocycles. The summed E-state index contributed by atoms with van der Waals surface area (Å²) < 4.78 is 4.70. The summed E-state index contributed by atoms with van der Waals surface area (Å²) in [5.41, 5.74) is 0. The van der Waals surface area contributed by atoms with E-state index in [1.807, 2.05) is 0 Å². The molecule has 0 saturated carbocycles. The third-order valence-electron chi connectivity index (χ3n) is 0.844. The smallest absolute Gasteiger partial charge is 0.140 e. The molecule has 1 saturated heterocycles. The summed E-state index contributed by atoms with van der Waals surface area (Å²) in [6, 6.07) is 0. The van der Waals surface area contributed by atoms with Crippen LogP contribution in [0.4, 0.5) is 0 Å². The molecule has 2 nitrogen and oxygen atoms in total. The summed E-state index contributed by atoms with van der Waals surface area (Å²) in [5.74, 6) is 0. The molecule has 0 bridgehead atoms. The lowest BCUT2D eigenvalue weighted by Gasteiger charge is -1.87. The molecule has 1 fully saturated rings. The van der Waals surface area contributed by atoms with E-state index in [2.05, 4.69) is 0 Å². The summed E-state index contributed by atoms with van der Waals surface area (Å²) >= 11 is 5.37. The maximum atomic E-state index is 9.77. The lowest BCUT2D eigenvalue weighted by Crippen LogP contribution is -2.07. The highest BCUT2D eigenvalue weighted by atomic mass is 35.5. The zero-order valence-corrected chi connectivity index (χ0v) is 4.39. The van der Waals surface area contributed by atoms with Gasteiger partial charge in [-0.25, -0.2) is 0 Å². The molecule has 0 N–H and O–H groups in total. The molecule has 0 aromatic rings. The minimum atomic E-state index is -0.417. The van der Waals surface area contributed by atoms with Crippen molar-refractivity contribution in [2.45, 2.75) is 11.5 Å². The van der Waals surface area contributed by atoms with Gasteiger partial charge in [0.05, 0.1) is 6.61 Å². The van der Waals surface area contributed by atoms with E-state index >= 15 is 0 Å². The van der Waals surface area contributed by atoms with Crippen molar-refractivity contribution in [1.29, 1.82) is 0 Å². The fourth-order valence-corrected chi connectivity index (χ4v) is 0.473. The standard InChI is InChI=1S/C4H5ClO2/c5-3(1-6)4-2-7-4/h1,3-4H,2H2. The molecule has 40 valence electrons. The molecule has 1 aliphatic heterocycles. The largest absolute Gasteiger partial charge is 0.371 e. The van der Waals surface area contributed by atoms with Crippen molar-refractivity contribution in [3.8, 4) is 0 Å². The summed E-state index contributed by atoms with van der Waals surface area (Å²) in [7, 11) is 0. The molecule has 2 unspecified atom stereocenters. The number of alkyl halides is 1. The molecule has 0 spiro atoms. The highest BCUT2D eigenvalue weighted by Crippen LogP contribution is 2.16. The Morgan fingerprint density at radius 3 is 2.71 bits per heavy atom. The molecular weight excluding hydrogens is 115 g/mol. The van der Waals surface area contributed by atoms with Gasteiger partial charge in [-0.3, -0.25) is 0 Å². The Kier molecular flexibility index (Phi) is 1.30. The third kappa shape index (κ3) is 1.14. The lowest BCUT2D eigenvalue weighted by molar-refractivity contribution is -0.107. The first-order valence-corrected chi connectivity index (χ1v) is 2.49. The zero-order valence-electron chi connectivity index (χ0n) is 3.63. The Morgan fingerprint density at radius 2 is 2.57 bits per heavy atom. The van der Waals surface area contributed by atoms with Crippen LogP contribution in [-0.4, -0.2) is 24.4 Å². The van der Waals surface area contributed by atoms with Crippen molar-refractivity contribution < 1.29 is 9.53 Å². The van der Waals surface area contributed by atoms with Crippen LogP contribution in [0.1, 0.15) is 0 Å². The van der Waals surface area contributed by atoms with Crippen LogP contribution in [0.5, 0.6) is 0 Å². The Labute approximate surface area is 46.4 Å². The van der Waals surface area contributed by atoms with Crippen molar-refractivity contribution in [2.24, 2.45) is 0 Å². The van der Waals surface area contributed by atoms with Gasteiger partial charge in [-0.1, -0.05) is 0 Å². The maximum Gasteiger partial charge on any atom is 0.140 e. The highest BCUT2D eigenvalue weighted by molar-refractivity contribution is 6.28. The van der Waals surface area contributed by atoms with Crippen molar-refractivity contribution in [2.75, 3.05) is 6.61 Å². The topological polar surface area (TPSA) is 29.6 Å². The van der Waals surface area contributed by atoms with E-state index in [4.69, 9.17) is 16.3 Å². The third-order valence-corrected chi connectivity index (χ3v) is 1.23. The van der Waals surface area contributed by atoms with Crippen LogP contribution >= 0.6 is 11.6 Å². The number of rotatable bonds is 2. The molecule has 7 heavy (non-hydrogen) atoms. The minimum Gasteiger partial charge on any atom is -0.371 e. The number of epoxide rings is 1. The maximum absolute atomic E-state index is 9.77. The Balaban J connectivity index is 2.22. The zero-order chi connectivity index (χ0) is 5.28. The second kappa shape index (κ2) is 1.80. The average Bonchev–Trinajstić information content (AvgIpc) is 2.44. The van der Waals surface area contributed by atoms with Crippen molar-refractivity contribution in [3.63, 3.8) is 0 Å². The molecule has 0 amide bonds. The molecule has 0 aromatic carbocycles. The van der Waals surface area contributed by atoms with Gasteiger partial charge in [-0.05, 0) is 0 Å². The van der Waals surface area contributed by atoms with Gasteiger partial charge < -0.3 is 9.53 Å². The predicted molar refractivity (Wildman–Crippen MR) is 25.4 cm³/mol. The van der Waals surface area contributed by atoms with Crippen molar-refractivity contribution in [1.82, 2.24) is 0 Å². The second-order valence-corrected chi connectivity index (χ2v) is 1.96. The van der Waals surface area contributed by atoms with Gasteiger partial charge in [-0.2, -0.15) is 0 Å². The quantitative estimate of drug-likeness (QED) is 0.296. The van der Waals surface area contributed by atoms with E-state index in [1.165, 1.54) is 0 Å². The summed E-state index contributed by atoms with van der Waals surface area (Å²) in [5, 5.41) is -0.417. The molecule has 1 aliphatic rings. The first-order chi connectivity index (χ1) is 3.34. The van der Waals surface area contributed by atoms with Crippen LogP contribution in [0.3, 0.4) is 0 Å². The Morgan fingerprint density at radius 1 is 2.00 bits per heavy atom. The number of hydrogen-bond acceptors (Lipinski definition) is 2. The van der Waals surface area contributed by atoms with Gasteiger partial charge in [0.15, 0.2) is 0 Å². The van der Waals surface area contributed by atoms with Crippen LogP contribution in [0.25, 0.3) is 0 Å². The first-order valence-electron chi connectivity index (χ1n) is 2.05. The highest BCUT2D eigenvalue weighted by Gasteiger charge is 2.30. The van der Waals surface area contributed by atoms with E-state index in [0.717, 1.165) is 0 Å². The molecule has 0 radical (unpaired) electrons. The number of ether oxygens (including phenoxy) is 1. The minimum absolute atomic E-state index is 0.0131. The Bertz CT molecular complexity index is 79.8. The van der Waals surface area contributed by atoms with Crippen molar-refractivity contribution >= 4 is 17.9 Å². The first kappa shape index (κ1) is 5.06. The van der Waals surface area contributed by atoms with Gasteiger partial charge >= 0.3 is 0 Å². The number of aldehydes is 1. The molecule has 3 heteroatoms. The van der Waals surface area contributed by atoms with Crippen LogP contribution in [0, 0.1) is 0 Å². The van der Waals surface area contributed by atoms with Gasteiger partial charge in [0.25, 0.3) is 0 Å². The van der Waals surface area contributed by atoms with E-state index in [0.29, 0.717) is 12.9 Å². The number of carbonyl (C=O) groups excluding carboxylic acids is 1. The summed E-state index contributed by atoms with van der Waals surface area (Å²) in [6.45, 7) is 0.646. The van der Waals surface area contributed by atoms with E-state index < -0.39 is 5.38 Å². The molecule has 1 rings (SSSR count). The molecule has 0 aromatic heterocycles. The lowest BCUT2D eigenvalue weighted by atomic mass is 10.4.